The molecule has 98 valence electrons. The maximum Gasteiger partial charge on any atom is 0.140 e. The number of aliphatic hydroxyl groups excluding tert-OH is 1. The number of hydrogen-bond donors (Lipinski definition) is 2. The highest BCUT2D eigenvalue weighted by molar-refractivity contribution is 7.98. The van der Waals surface area contributed by atoms with Crippen LogP contribution >= 0.6 is 11.8 Å². The Bertz CT molecular complexity index is 424. The molecular weight excluding hydrogens is 244 g/mol. The van der Waals surface area contributed by atoms with E-state index in [1.165, 1.54) is 0 Å². The van der Waals surface area contributed by atoms with Crippen LogP contribution in [0.25, 0.3) is 0 Å². The molecule has 0 amide bonds. The van der Waals surface area contributed by atoms with E-state index in [0.29, 0.717) is 12.8 Å². The molecule has 2 nitrogen and oxygen atoms in total. The number of aliphatic hydroxyl groups is 2. The monoisotopic (exact) mass is 264 g/mol. The van der Waals surface area contributed by atoms with Crippen molar-refractivity contribution in [2.75, 3.05) is 6.26 Å². The van der Waals surface area contributed by atoms with Crippen LogP contribution in [-0.4, -0.2) is 22.1 Å². The van der Waals surface area contributed by atoms with Crippen LogP contribution in [0, 0.1) is 11.8 Å². The van der Waals surface area contributed by atoms with Crippen molar-refractivity contribution in [3.05, 3.63) is 29.8 Å². The Morgan fingerprint density at radius 2 is 1.78 bits per heavy atom. The SMILES string of the molecule is CCC(O)(C#C[C@@H](O)c1ccc(SC)cc1)CC. The first-order chi connectivity index (χ1) is 8.54. The summed E-state index contributed by atoms with van der Waals surface area (Å²) in [6.45, 7) is 3.77. The van der Waals surface area contributed by atoms with E-state index < -0.39 is 11.7 Å². The summed E-state index contributed by atoms with van der Waals surface area (Å²) in [6.07, 6.45) is 2.29. The number of hydrogen-bond acceptors (Lipinski definition) is 3. The summed E-state index contributed by atoms with van der Waals surface area (Å²) in [4.78, 5) is 1.15. The summed E-state index contributed by atoms with van der Waals surface area (Å²) in [5.74, 6) is 5.50. The maximum atomic E-state index is 10.0. The van der Waals surface area contributed by atoms with Crippen molar-refractivity contribution in [3.63, 3.8) is 0 Å². The second-order valence-electron chi connectivity index (χ2n) is 4.18. The van der Waals surface area contributed by atoms with E-state index in [1.54, 1.807) is 11.8 Å². The zero-order valence-corrected chi connectivity index (χ0v) is 11.9. The summed E-state index contributed by atoms with van der Waals surface area (Å²) in [5.41, 5.74) is -0.227. The first-order valence-corrected chi connectivity index (χ1v) is 7.34. The fourth-order valence-corrected chi connectivity index (χ4v) is 1.91. The number of benzene rings is 1. The Labute approximate surface area is 113 Å². The van der Waals surface area contributed by atoms with Gasteiger partial charge in [0.2, 0.25) is 0 Å². The van der Waals surface area contributed by atoms with E-state index >= 15 is 0 Å². The smallest absolute Gasteiger partial charge is 0.140 e. The van der Waals surface area contributed by atoms with Gasteiger partial charge in [-0.05, 0) is 36.8 Å². The van der Waals surface area contributed by atoms with Crippen molar-refractivity contribution in [2.45, 2.75) is 43.3 Å². The summed E-state index contributed by atoms with van der Waals surface area (Å²) < 4.78 is 0. The predicted octanol–water partition coefficient (Wildman–Crippen LogP) is 3.00. The number of rotatable bonds is 4. The summed E-state index contributed by atoms with van der Waals surface area (Å²) in [6, 6.07) is 7.64. The molecule has 2 N–H and O–H groups in total. The lowest BCUT2D eigenvalue weighted by molar-refractivity contribution is 0.0923. The van der Waals surface area contributed by atoms with Gasteiger partial charge in [-0.15, -0.1) is 11.8 Å². The third-order valence-electron chi connectivity index (χ3n) is 3.04. The van der Waals surface area contributed by atoms with Crippen molar-refractivity contribution in [1.82, 2.24) is 0 Å². The standard InChI is InChI=1S/C15H20O2S/c1-4-15(17,5-2)11-10-14(16)12-6-8-13(18-3)9-7-12/h6-9,14,16-17H,4-5H2,1-3H3/t14-/m1/s1. The lowest BCUT2D eigenvalue weighted by atomic mass is 9.97. The minimum atomic E-state index is -0.986. The topological polar surface area (TPSA) is 40.5 Å². The lowest BCUT2D eigenvalue weighted by Crippen LogP contribution is -2.24. The van der Waals surface area contributed by atoms with Gasteiger partial charge in [-0.25, -0.2) is 0 Å². The fraction of sp³-hybridized carbons (Fsp3) is 0.467. The van der Waals surface area contributed by atoms with Gasteiger partial charge in [-0.3, -0.25) is 0 Å². The third-order valence-corrected chi connectivity index (χ3v) is 3.79. The van der Waals surface area contributed by atoms with Gasteiger partial charge in [0.1, 0.15) is 11.7 Å². The molecule has 0 fully saturated rings. The van der Waals surface area contributed by atoms with Crippen molar-refractivity contribution in [2.24, 2.45) is 0 Å². The number of thioether (sulfide) groups is 1. The first kappa shape index (κ1) is 15.1. The minimum absolute atomic E-state index is 0.564. The normalized spacial score (nSPS) is 12.7. The lowest BCUT2D eigenvalue weighted by Gasteiger charge is -2.17. The molecule has 0 saturated heterocycles. The summed E-state index contributed by atoms with van der Waals surface area (Å²) >= 11 is 1.66. The predicted molar refractivity (Wildman–Crippen MR) is 76.5 cm³/mol. The Hall–Kier alpha value is -0.950. The molecule has 0 saturated carbocycles. The molecule has 0 radical (unpaired) electrons. The van der Waals surface area contributed by atoms with E-state index in [2.05, 4.69) is 11.8 Å². The van der Waals surface area contributed by atoms with Gasteiger partial charge in [0.25, 0.3) is 0 Å². The van der Waals surface area contributed by atoms with Crippen LogP contribution < -0.4 is 0 Å². The third kappa shape index (κ3) is 4.06. The van der Waals surface area contributed by atoms with Gasteiger partial charge in [-0.2, -0.15) is 0 Å². The van der Waals surface area contributed by atoms with Gasteiger partial charge in [0, 0.05) is 4.90 Å². The Balaban J connectivity index is 2.81. The van der Waals surface area contributed by atoms with E-state index in [-0.39, 0.29) is 0 Å². The van der Waals surface area contributed by atoms with Crippen LogP contribution in [0.5, 0.6) is 0 Å². The maximum absolute atomic E-state index is 10.0. The fourth-order valence-electron chi connectivity index (χ4n) is 1.50. The molecule has 1 aromatic rings. The molecule has 1 atom stereocenters. The largest absolute Gasteiger partial charge is 0.378 e. The highest BCUT2D eigenvalue weighted by atomic mass is 32.2. The molecule has 0 aliphatic rings. The van der Waals surface area contributed by atoms with Gasteiger partial charge in [0.15, 0.2) is 0 Å². The molecular formula is C15H20O2S. The molecule has 0 bridgehead atoms. The van der Waals surface area contributed by atoms with Crippen LogP contribution in [0.15, 0.2) is 29.2 Å². The van der Waals surface area contributed by atoms with Crippen molar-refractivity contribution >= 4 is 11.8 Å². The van der Waals surface area contributed by atoms with Gasteiger partial charge in [-0.1, -0.05) is 37.8 Å². The van der Waals surface area contributed by atoms with Crippen LogP contribution in [0.3, 0.4) is 0 Å². The minimum Gasteiger partial charge on any atom is -0.378 e. The zero-order chi connectivity index (χ0) is 13.6. The molecule has 0 aliphatic carbocycles. The van der Waals surface area contributed by atoms with Gasteiger partial charge in [0.05, 0.1) is 0 Å². The molecule has 0 unspecified atom stereocenters. The second kappa shape index (κ2) is 6.84. The highest BCUT2D eigenvalue weighted by Gasteiger charge is 2.18. The second-order valence-corrected chi connectivity index (χ2v) is 5.06. The van der Waals surface area contributed by atoms with Gasteiger partial charge >= 0.3 is 0 Å². The van der Waals surface area contributed by atoms with E-state index in [4.69, 9.17) is 0 Å². The highest BCUT2D eigenvalue weighted by Crippen LogP contribution is 2.19. The average Bonchev–Trinajstić information content (AvgIpc) is 2.44. The van der Waals surface area contributed by atoms with Crippen LogP contribution in [0.4, 0.5) is 0 Å². The molecule has 3 heteroatoms. The molecule has 0 heterocycles. The van der Waals surface area contributed by atoms with Crippen molar-refractivity contribution in [1.29, 1.82) is 0 Å². The van der Waals surface area contributed by atoms with Crippen molar-refractivity contribution < 1.29 is 10.2 Å². The first-order valence-electron chi connectivity index (χ1n) is 6.11. The quantitative estimate of drug-likeness (QED) is 0.649. The Morgan fingerprint density at radius 1 is 1.22 bits per heavy atom. The Kier molecular flexibility index (Phi) is 5.74. The molecule has 18 heavy (non-hydrogen) atoms. The summed E-state index contributed by atoms with van der Waals surface area (Å²) in [7, 11) is 0. The zero-order valence-electron chi connectivity index (χ0n) is 11.1. The van der Waals surface area contributed by atoms with Crippen molar-refractivity contribution in [3.8, 4) is 11.8 Å². The van der Waals surface area contributed by atoms with Gasteiger partial charge < -0.3 is 10.2 Å². The molecule has 0 spiro atoms. The van der Waals surface area contributed by atoms with E-state index in [9.17, 15) is 10.2 Å². The van der Waals surface area contributed by atoms with E-state index in [1.807, 2.05) is 44.4 Å². The molecule has 1 aromatic carbocycles. The van der Waals surface area contributed by atoms with Crippen LogP contribution in [0.1, 0.15) is 38.4 Å². The average molecular weight is 264 g/mol. The van der Waals surface area contributed by atoms with Crippen LogP contribution in [0.2, 0.25) is 0 Å². The summed E-state index contributed by atoms with van der Waals surface area (Å²) in [5, 5.41) is 20.0. The van der Waals surface area contributed by atoms with E-state index in [0.717, 1.165) is 10.5 Å². The molecule has 0 aromatic heterocycles. The Morgan fingerprint density at radius 3 is 2.22 bits per heavy atom. The molecule has 0 aliphatic heterocycles. The van der Waals surface area contributed by atoms with Crippen LogP contribution in [-0.2, 0) is 0 Å². The molecule has 1 rings (SSSR count).